The second kappa shape index (κ2) is 11.1. The number of phenols is 3. The molecule has 4 aromatic carbocycles. The highest BCUT2D eigenvalue weighted by Gasteiger charge is 2.30. The summed E-state index contributed by atoms with van der Waals surface area (Å²) in [6.45, 7) is 0. The molecule has 1 aliphatic rings. The number of ether oxygens (including phenoxy) is 1. The lowest BCUT2D eigenvalue weighted by Crippen LogP contribution is -2.20. The summed E-state index contributed by atoms with van der Waals surface area (Å²) in [6, 6.07) is 27.8. The number of carbonyl (C=O) groups excluding carboxylic acids is 2. The van der Waals surface area contributed by atoms with E-state index < -0.39 is 6.10 Å². The molecule has 0 saturated heterocycles. The Morgan fingerprint density at radius 3 is 2.11 bits per heavy atom. The van der Waals surface area contributed by atoms with Crippen molar-refractivity contribution in [3.05, 3.63) is 125 Å². The summed E-state index contributed by atoms with van der Waals surface area (Å²) in [4.78, 5) is 23.8. The SMILES string of the molecule is O=C(C=Cc1ccccc1)c1ccccc1.O=C1CC(c2ccc(O)cc2)Oc2cc(O)cc(O)c21. The predicted octanol–water partition coefficient (Wildman–Crippen LogP) is 6.09. The van der Waals surface area contributed by atoms with Gasteiger partial charge in [0.25, 0.3) is 0 Å². The predicted molar refractivity (Wildman–Crippen MR) is 136 cm³/mol. The fraction of sp³-hybridized carbons (Fsp3) is 0.0667. The van der Waals surface area contributed by atoms with Crippen molar-refractivity contribution in [1.29, 1.82) is 0 Å². The molecule has 0 fully saturated rings. The molecule has 0 amide bonds. The van der Waals surface area contributed by atoms with Crippen LogP contribution in [-0.2, 0) is 0 Å². The minimum absolute atomic E-state index is 0.0319. The molecular weight excluding hydrogens is 456 g/mol. The maximum absolute atomic E-state index is 12.1. The Kier molecular flexibility index (Phi) is 7.46. The van der Waals surface area contributed by atoms with Gasteiger partial charge in [-0.1, -0.05) is 78.9 Å². The normalized spacial score (nSPS) is 14.3. The Morgan fingerprint density at radius 1 is 0.806 bits per heavy atom. The molecule has 0 radical (unpaired) electrons. The van der Waals surface area contributed by atoms with E-state index in [4.69, 9.17) is 4.74 Å². The molecule has 1 aliphatic heterocycles. The van der Waals surface area contributed by atoms with Gasteiger partial charge in [-0.05, 0) is 29.3 Å². The van der Waals surface area contributed by atoms with Crippen LogP contribution in [0.15, 0.2) is 103 Å². The van der Waals surface area contributed by atoms with Gasteiger partial charge in [0.15, 0.2) is 11.6 Å². The Morgan fingerprint density at radius 2 is 1.44 bits per heavy atom. The van der Waals surface area contributed by atoms with Gasteiger partial charge in [0.05, 0.1) is 6.42 Å². The third-order valence-electron chi connectivity index (χ3n) is 5.53. The maximum atomic E-state index is 12.1. The van der Waals surface area contributed by atoms with Crippen molar-refractivity contribution in [2.45, 2.75) is 12.5 Å². The standard InChI is InChI=1S/C15H12O5.C15H12O/c16-9-3-1-8(2-4-9)13-7-12(19)15-11(18)5-10(17)6-14(15)20-13;16-15(14-9-5-2-6-10-14)12-11-13-7-3-1-4-8-13/h1-6,13,16-18H,7H2;1-12H. The van der Waals surface area contributed by atoms with Crippen LogP contribution in [0.5, 0.6) is 23.0 Å². The van der Waals surface area contributed by atoms with Gasteiger partial charge >= 0.3 is 0 Å². The van der Waals surface area contributed by atoms with Gasteiger partial charge in [-0.3, -0.25) is 9.59 Å². The molecule has 3 N–H and O–H groups in total. The number of Topliss-reactive ketones (excluding diaryl/α,β-unsaturated/α-hetero) is 1. The number of hydrogen-bond acceptors (Lipinski definition) is 6. The van der Waals surface area contributed by atoms with Crippen LogP contribution in [0.3, 0.4) is 0 Å². The lowest BCUT2D eigenvalue weighted by molar-refractivity contribution is 0.0844. The third-order valence-corrected chi connectivity index (χ3v) is 5.53. The second-order valence-electron chi connectivity index (χ2n) is 8.14. The van der Waals surface area contributed by atoms with Crippen LogP contribution in [0.25, 0.3) is 6.08 Å². The summed E-state index contributed by atoms with van der Waals surface area (Å²) in [5, 5.41) is 28.4. The van der Waals surface area contributed by atoms with Crippen LogP contribution in [-0.4, -0.2) is 26.9 Å². The van der Waals surface area contributed by atoms with Crippen molar-refractivity contribution < 1.29 is 29.6 Å². The maximum Gasteiger partial charge on any atom is 0.185 e. The van der Waals surface area contributed by atoms with Crippen LogP contribution in [0, 0.1) is 0 Å². The zero-order valence-electron chi connectivity index (χ0n) is 19.2. The van der Waals surface area contributed by atoms with Crippen molar-refractivity contribution in [1.82, 2.24) is 0 Å². The van der Waals surface area contributed by atoms with Crippen LogP contribution in [0.4, 0.5) is 0 Å². The van der Waals surface area contributed by atoms with E-state index in [1.165, 1.54) is 18.2 Å². The molecule has 6 heteroatoms. The smallest absolute Gasteiger partial charge is 0.185 e. The summed E-state index contributed by atoms with van der Waals surface area (Å²) >= 11 is 0. The number of allylic oxidation sites excluding steroid dienone is 1. The molecule has 0 saturated carbocycles. The fourth-order valence-electron chi connectivity index (χ4n) is 3.73. The summed E-state index contributed by atoms with van der Waals surface area (Å²) in [6.07, 6.45) is 3.02. The van der Waals surface area contributed by atoms with E-state index in [0.29, 0.717) is 0 Å². The topological polar surface area (TPSA) is 104 Å². The van der Waals surface area contributed by atoms with Crippen LogP contribution < -0.4 is 4.74 Å². The molecule has 4 aromatic rings. The number of phenolic OH excluding ortho intramolecular Hbond substituents is 3. The number of aromatic hydroxyl groups is 3. The molecule has 0 bridgehead atoms. The van der Waals surface area contributed by atoms with Gasteiger partial charge in [0, 0.05) is 17.7 Å². The van der Waals surface area contributed by atoms with E-state index in [-0.39, 0.29) is 46.5 Å². The number of fused-ring (bicyclic) bond motifs is 1. The second-order valence-corrected chi connectivity index (χ2v) is 8.14. The van der Waals surface area contributed by atoms with Crippen molar-refractivity contribution >= 4 is 17.6 Å². The van der Waals surface area contributed by atoms with Gasteiger partial charge in [0.1, 0.15) is 34.7 Å². The lowest BCUT2D eigenvalue weighted by Gasteiger charge is -2.26. The average molecular weight is 481 g/mol. The van der Waals surface area contributed by atoms with E-state index in [9.17, 15) is 24.9 Å². The molecule has 1 atom stereocenters. The fourth-order valence-corrected chi connectivity index (χ4v) is 3.73. The average Bonchev–Trinajstić information content (AvgIpc) is 2.88. The molecule has 1 unspecified atom stereocenters. The first-order valence-electron chi connectivity index (χ1n) is 11.3. The molecule has 1 heterocycles. The molecular formula is C30H24O6. The van der Waals surface area contributed by atoms with Crippen LogP contribution >= 0.6 is 0 Å². The molecule has 0 aliphatic carbocycles. The first-order valence-corrected chi connectivity index (χ1v) is 11.3. The van der Waals surface area contributed by atoms with Gasteiger partial charge < -0.3 is 20.1 Å². The Labute approximate surface area is 208 Å². The minimum atomic E-state index is -0.503. The molecule has 0 spiro atoms. The Hall–Kier alpha value is -4.84. The van der Waals surface area contributed by atoms with Crippen LogP contribution in [0.2, 0.25) is 0 Å². The van der Waals surface area contributed by atoms with Gasteiger partial charge in [-0.15, -0.1) is 0 Å². The van der Waals surface area contributed by atoms with E-state index in [0.717, 1.165) is 22.8 Å². The monoisotopic (exact) mass is 480 g/mol. The van der Waals surface area contributed by atoms with Crippen molar-refractivity contribution in [2.24, 2.45) is 0 Å². The summed E-state index contributed by atoms with van der Waals surface area (Å²) in [7, 11) is 0. The molecule has 6 nitrogen and oxygen atoms in total. The lowest BCUT2D eigenvalue weighted by atomic mass is 9.95. The summed E-state index contributed by atoms with van der Waals surface area (Å²) in [5.41, 5.74) is 2.59. The quantitative estimate of drug-likeness (QED) is 0.241. The van der Waals surface area contributed by atoms with Gasteiger partial charge in [0.2, 0.25) is 0 Å². The highest BCUT2D eigenvalue weighted by molar-refractivity contribution is 6.06. The van der Waals surface area contributed by atoms with Gasteiger partial charge in [-0.25, -0.2) is 0 Å². The number of hydrogen-bond donors (Lipinski definition) is 3. The largest absolute Gasteiger partial charge is 0.508 e. The number of carbonyl (C=O) groups is 2. The molecule has 180 valence electrons. The molecule has 5 rings (SSSR count). The van der Waals surface area contributed by atoms with Crippen molar-refractivity contribution in [2.75, 3.05) is 0 Å². The van der Waals surface area contributed by atoms with Crippen LogP contribution in [0.1, 0.15) is 44.4 Å². The summed E-state index contributed by atoms with van der Waals surface area (Å²) in [5.74, 6) is -0.371. The van der Waals surface area contributed by atoms with E-state index >= 15 is 0 Å². The summed E-state index contributed by atoms with van der Waals surface area (Å²) < 4.78 is 5.67. The van der Waals surface area contributed by atoms with Crippen molar-refractivity contribution in [3.8, 4) is 23.0 Å². The van der Waals surface area contributed by atoms with E-state index in [2.05, 4.69) is 0 Å². The highest BCUT2D eigenvalue weighted by atomic mass is 16.5. The highest BCUT2D eigenvalue weighted by Crippen LogP contribution is 2.41. The zero-order valence-corrected chi connectivity index (χ0v) is 19.2. The third kappa shape index (κ3) is 5.98. The number of rotatable bonds is 4. The van der Waals surface area contributed by atoms with Gasteiger partial charge in [-0.2, -0.15) is 0 Å². The zero-order chi connectivity index (χ0) is 25.5. The first kappa shape index (κ1) is 24.3. The van der Waals surface area contributed by atoms with Crippen molar-refractivity contribution in [3.63, 3.8) is 0 Å². The Balaban J connectivity index is 0.000000174. The number of benzene rings is 4. The van der Waals surface area contributed by atoms with E-state index in [1.807, 2.05) is 66.7 Å². The Bertz CT molecular complexity index is 1380. The molecule has 0 aromatic heterocycles. The first-order chi connectivity index (χ1) is 17.4. The number of ketones is 2. The van der Waals surface area contributed by atoms with E-state index in [1.54, 1.807) is 18.2 Å². The molecule has 36 heavy (non-hydrogen) atoms. The minimum Gasteiger partial charge on any atom is -0.508 e.